The summed E-state index contributed by atoms with van der Waals surface area (Å²) in [5.41, 5.74) is 5.90. The van der Waals surface area contributed by atoms with Crippen molar-refractivity contribution in [2.75, 3.05) is 6.54 Å². The Morgan fingerprint density at radius 3 is 2.74 bits per heavy atom. The molecule has 0 radical (unpaired) electrons. The van der Waals surface area contributed by atoms with Gasteiger partial charge in [-0.3, -0.25) is 14.4 Å². The van der Waals surface area contributed by atoms with Crippen LogP contribution in [0.1, 0.15) is 29.8 Å². The summed E-state index contributed by atoms with van der Waals surface area (Å²) in [7, 11) is 0. The second-order valence-corrected chi connectivity index (χ2v) is 6.76. The molecule has 3 atom stereocenters. The van der Waals surface area contributed by atoms with Crippen LogP contribution in [-0.2, 0) is 9.59 Å². The first-order valence-electron chi connectivity index (χ1n) is 8.66. The molecular formula is C18H21FN4O4. The molecule has 1 aromatic heterocycles. The summed E-state index contributed by atoms with van der Waals surface area (Å²) in [6.07, 6.45) is 0.155. The Labute approximate surface area is 154 Å². The monoisotopic (exact) mass is 376 g/mol. The van der Waals surface area contributed by atoms with E-state index in [4.69, 9.17) is 5.73 Å². The lowest BCUT2D eigenvalue weighted by atomic mass is 9.83. The van der Waals surface area contributed by atoms with Gasteiger partial charge in [0.2, 0.25) is 11.8 Å². The van der Waals surface area contributed by atoms with Gasteiger partial charge in [-0.05, 0) is 43.5 Å². The molecule has 1 aromatic carbocycles. The lowest BCUT2D eigenvalue weighted by Crippen LogP contribution is -2.49. The topological polar surface area (TPSA) is 137 Å². The average molecular weight is 376 g/mol. The van der Waals surface area contributed by atoms with Gasteiger partial charge in [-0.1, -0.05) is 0 Å². The second kappa shape index (κ2) is 7.75. The Morgan fingerprint density at radius 1 is 1.26 bits per heavy atom. The zero-order valence-electron chi connectivity index (χ0n) is 14.5. The molecular weight excluding hydrogens is 355 g/mol. The molecule has 0 bridgehead atoms. The number of amides is 3. The van der Waals surface area contributed by atoms with Crippen LogP contribution in [0.25, 0.3) is 10.9 Å². The Hall–Kier alpha value is -2.94. The van der Waals surface area contributed by atoms with Crippen LogP contribution in [-0.4, -0.2) is 46.5 Å². The molecule has 1 fully saturated rings. The van der Waals surface area contributed by atoms with Crippen LogP contribution in [0.5, 0.6) is 0 Å². The number of hydrogen-bond donors (Lipinski definition) is 5. The third kappa shape index (κ3) is 4.43. The fraction of sp³-hybridized carbons (Fsp3) is 0.389. The third-order valence-electron chi connectivity index (χ3n) is 4.77. The van der Waals surface area contributed by atoms with Crippen molar-refractivity contribution < 1.29 is 23.9 Å². The number of nitrogens with one attached hydrogen (secondary N) is 3. The third-order valence-corrected chi connectivity index (χ3v) is 4.77. The van der Waals surface area contributed by atoms with Crippen LogP contribution in [0.15, 0.2) is 24.3 Å². The maximum Gasteiger partial charge on any atom is 0.268 e. The van der Waals surface area contributed by atoms with Gasteiger partial charge in [0.1, 0.15) is 11.5 Å². The van der Waals surface area contributed by atoms with Crippen molar-refractivity contribution in [1.82, 2.24) is 15.6 Å². The smallest absolute Gasteiger partial charge is 0.268 e. The van der Waals surface area contributed by atoms with Crippen molar-refractivity contribution in [2.45, 2.75) is 31.4 Å². The number of rotatable bonds is 5. The first-order chi connectivity index (χ1) is 12.8. The molecule has 0 saturated heterocycles. The normalized spacial score (nSPS) is 22.4. The highest BCUT2D eigenvalue weighted by Gasteiger charge is 2.34. The minimum Gasteiger partial charge on any atom is -0.391 e. The standard InChI is InChI=1S/C18H21FN4O4/c19-11-2-4-12-10(5-11)6-14(22-12)18(27)23-13-3-1-9(7-15(13)24)17(26)21-8-16(20)25/h2,4-6,9,13,15,22,24H,1,3,7-8H2,(H2,20,25)(H,21,26)(H,23,27)/t9-,13+,15+/m0/s1. The quantitative estimate of drug-likeness (QED) is 0.508. The molecule has 1 aliphatic carbocycles. The van der Waals surface area contributed by atoms with Gasteiger partial charge >= 0.3 is 0 Å². The molecule has 0 spiro atoms. The van der Waals surface area contributed by atoms with Gasteiger partial charge in [0.25, 0.3) is 5.91 Å². The number of primary amides is 1. The zero-order chi connectivity index (χ0) is 19.6. The van der Waals surface area contributed by atoms with Gasteiger partial charge in [0.05, 0.1) is 18.7 Å². The molecule has 144 valence electrons. The van der Waals surface area contributed by atoms with Gasteiger partial charge in [-0.25, -0.2) is 4.39 Å². The van der Waals surface area contributed by atoms with Crippen molar-refractivity contribution in [2.24, 2.45) is 11.7 Å². The Balaban J connectivity index is 1.58. The van der Waals surface area contributed by atoms with Crippen LogP contribution in [0.2, 0.25) is 0 Å². The first-order valence-corrected chi connectivity index (χ1v) is 8.66. The summed E-state index contributed by atoms with van der Waals surface area (Å²) in [5, 5.41) is 16.0. The fourth-order valence-electron chi connectivity index (χ4n) is 3.34. The average Bonchev–Trinajstić information content (AvgIpc) is 3.04. The molecule has 6 N–H and O–H groups in total. The van der Waals surface area contributed by atoms with Crippen molar-refractivity contribution in [3.63, 3.8) is 0 Å². The number of nitrogens with two attached hydrogens (primary N) is 1. The second-order valence-electron chi connectivity index (χ2n) is 6.76. The van der Waals surface area contributed by atoms with Crippen molar-refractivity contribution in [3.05, 3.63) is 35.8 Å². The van der Waals surface area contributed by atoms with Crippen molar-refractivity contribution >= 4 is 28.6 Å². The van der Waals surface area contributed by atoms with Crippen LogP contribution < -0.4 is 16.4 Å². The van der Waals surface area contributed by atoms with Crippen molar-refractivity contribution in [1.29, 1.82) is 0 Å². The van der Waals surface area contributed by atoms with E-state index in [9.17, 15) is 23.9 Å². The van der Waals surface area contributed by atoms with Gasteiger partial charge in [-0.15, -0.1) is 0 Å². The van der Waals surface area contributed by atoms with Gasteiger partial charge in [0.15, 0.2) is 0 Å². The molecule has 1 aliphatic rings. The molecule has 0 unspecified atom stereocenters. The lowest BCUT2D eigenvalue weighted by molar-refractivity contribution is -0.129. The van der Waals surface area contributed by atoms with Gasteiger partial charge in [-0.2, -0.15) is 0 Å². The highest BCUT2D eigenvalue weighted by molar-refractivity contribution is 5.98. The number of halogens is 1. The van der Waals surface area contributed by atoms with E-state index in [0.29, 0.717) is 23.7 Å². The molecule has 2 aromatic rings. The van der Waals surface area contributed by atoms with E-state index >= 15 is 0 Å². The van der Waals surface area contributed by atoms with E-state index in [2.05, 4.69) is 15.6 Å². The summed E-state index contributed by atoms with van der Waals surface area (Å²) in [4.78, 5) is 38.0. The number of carbonyl (C=O) groups is 3. The van der Waals surface area contributed by atoms with Crippen LogP contribution in [0.4, 0.5) is 4.39 Å². The van der Waals surface area contributed by atoms with E-state index in [0.717, 1.165) is 0 Å². The molecule has 3 rings (SSSR count). The number of benzene rings is 1. The molecule has 9 heteroatoms. The van der Waals surface area contributed by atoms with E-state index in [1.807, 2.05) is 0 Å². The maximum absolute atomic E-state index is 13.3. The summed E-state index contributed by atoms with van der Waals surface area (Å²) in [6, 6.07) is 5.22. The number of aliphatic hydroxyl groups is 1. The number of carbonyl (C=O) groups excluding carboxylic acids is 3. The van der Waals surface area contributed by atoms with Gasteiger partial charge < -0.3 is 26.5 Å². The predicted molar refractivity (Wildman–Crippen MR) is 95.1 cm³/mol. The summed E-state index contributed by atoms with van der Waals surface area (Å²) < 4.78 is 13.3. The number of aromatic amines is 1. The number of aliphatic hydroxyl groups excluding tert-OH is 1. The Morgan fingerprint density at radius 2 is 2.04 bits per heavy atom. The minimum atomic E-state index is -0.895. The molecule has 27 heavy (non-hydrogen) atoms. The highest BCUT2D eigenvalue weighted by Crippen LogP contribution is 2.25. The van der Waals surface area contributed by atoms with E-state index < -0.39 is 35.7 Å². The summed E-state index contributed by atoms with van der Waals surface area (Å²) in [6.45, 7) is -0.243. The number of aromatic nitrogens is 1. The molecule has 3 amide bonds. The highest BCUT2D eigenvalue weighted by atomic mass is 19.1. The van der Waals surface area contributed by atoms with Crippen LogP contribution in [0, 0.1) is 11.7 Å². The maximum atomic E-state index is 13.3. The molecule has 8 nitrogen and oxygen atoms in total. The first kappa shape index (κ1) is 18.8. The van der Waals surface area contributed by atoms with E-state index in [1.165, 1.54) is 12.1 Å². The largest absolute Gasteiger partial charge is 0.391 e. The Bertz CT molecular complexity index is 881. The van der Waals surface area contributed by atoms with E-state index in [1.54, 1.807) is 12.1 Å². The Kier molecular flexibility index (Phi) is 5.41. The zero-order valence-corrected chi connectivity index (χ0v) is 14.5. The van der Waals surface area contributed by atoms with Crippen LogP contribution >= 0.6 is 0 Å². The van der Waals surface area contributed by atoms with Crippen LogP contribution in [0.3, 0.4) is 0 Å². The lowest BCUT2D eigenvalue weighted by Gasteiger charge is -2.32. The predicted octanol–water partition coefficient (Wildman–Crippen LogP) is 0.168. The summed E-state index contributed by atoms with van der Waals surface area (Å²) in [5.74, 6) is -2.22. The minimum absolute atomic E-state index is 0.174. The molecule has 1 saturated carbocycles. The van der Waals surface area contributed by atoms with Crippen molar-refractivity contribution in [3.8, 4) is 0 Å². The number of fused-ring (bicyclic) bond motifs is 1. The fourth-order valence-corrected chi connectivity index (χ4v) is 3.34. The summed E-state index contributed by atoms with van der Waals surface area (Å²) >= 11 is 0. The molecule has 0 aliphatic heterocycles. The number of H-pyrrole nitrogens is 1. The number of hydrogen-bond acceptors (Lipinski definition) is 4. The SMILES string of the molecule is NC(=O)CNC(=O)[C@H]1CC[C@@H](NC(=O)c2cc3cc(F)ccc3[nH]2)[C@H](O)C1. The van der Waals surface area contributed by atoms with Gasteiger partial charge in [0, 0.05) is 16.8 Å². The van der Waals surface area contributed by atoms with E-state index in [-0.39, 0.29) is 24.6 Å². The molecule has 1 heterocycles.